The van der Waals surface area contributed by atoms with Gasteiger partial charge in [-0.3, -0.25) is 15.0 Å². The summed E-state index contributed by atoms with van der Waals surface area (Å²) < 4.78 is 11.0. The molecule has 0 radical (unpaired) electrons. The smallest absolute Gasteiger partial charge is 0.411 e. The Hall–Kier alpha value is -2.84. The Labute approximate surface area is 150 Å². The van der Waals surface area contributed by atoms with E-state index in [1.807, 2.05) is 0 Å². The summed E-state index contributed by atoms with van der Waals surface area (Å²) >= 11 is 0. The van der Waals surface area contributed by atoms with E-state index in [1.165, 1.54) is 18.2 Å². The van der Waals surface area contributed by atoms with Crippen LogP contribution in [-0.2, 0) is 9.53 Å². The summed E-state index contributed by atoms with van der Waals surface area (Å²) in [7, 11) is 0. The van der Waals surface area contributed by atoms with Gasteiger partial charge in [-0.05, 0) is 39.8 Å². The minimum absolute atomic E-state index is 0.0254. The van der Waals surface area contributed by atoms with Gasteiger partial charge in [0.2, 0.25) is 0 Å². The van der Waals surface area contributed by atoms with Crippen LogP contribution in [0.5, 0.6) is 5.75 Å². The number of nitrogens with zero attached hydrogens (tertiary/aromatic N) is 2. The zero-order chi connectivity index (χ0) is 19.6. The molecule has 0 aliphatic carbocycles. The van der Waals surface area contributed by atoms with Gasteiger partial charge in [0.15, 0.2) is 0 Å². The number of nitro benzene ring substituents is 1. The lowest BCUT2D eigenvalue weighted by atomic mass is 10.2. The van der Waals surface area contributed by atoms with E-state index in [0.717, 1.165) is 4.90 Å². The second kappa shape index (κ2) is 7.19. The Kier molecular flexibility index (Phi) is 5.38. The number of hydrogen-bond donors (Lipinski definition) is 1. The Morgan fingerprint density at radius 3 is 2.50 bits per heavy atom. The molecular weight excluding hydrogens is 344 g/mol. The van der Waals surface area contributed by atoms with E-state index in [0.29, 0.717) is 11.3 Å². The van der Waals surface area contributed by atoms with Crippen LogP contribution < -0.4 is 4.74 Å². The normalized spacial score (nSPS) is 19.9. The van der Waals surface area contributed by atoms with Crippen molar-refractivity contribution in [2.45, 2.75) is 51.9 Å². The minimum Gasteiger partial charge on any atom is -0.488 e. The van der Waals surface area contributed by atoms with Crippen LogP contribution in [0.3, 0.4) is 0 Å². The number of nitro groups is 1. The fourth-order valence-corrected chi connectivity index (χ4v) is 2.74. The van der Waals surface area contributed by atoms with E-state index >= 15 is 0 Å². The third-order valence-corrected chi connectivity index (χ3v) is 3.84. The van der Waals surface area contributed by atoms with Gasteiger partial charge in [-0.25, -0.2) is 9.59 Å². The number of hydrogen-bond acceptors (Lipinski definition) is 6. The highest BCUT2D eigenvalue weighted by Gasteiger charge is 2.42. The molecule has 0 bridgehead atoms. The number of aryl methyl sites for hydroxylation is 1. The van der Waals surface area contributed by atoms with Crippen molar-refractivity contribution >= 4 is 17.7 Å². The third kappa shape index (κ3) is 4.62. The summed E-state index contributed by atoms with van der Waals surface area (Å²) in [6.45, 7) is 6.74. The molecular formula is C17H22N2O7. The molecule has 1 amide bonds. The fraction of sp³-hybridized carbons (Fsp3) is 0.529. The SMILES string of the molecule is Cc1cc(O[C@@H]2C[C@H](C(=O)O)N(C(=O)OC(C)(C)C)C2)ccc1[N+](=O)[O-]. The number of ether oxygens (including phenoxy) is 2. The van der Waals surface area contributed by atoms with Gasteiger partial charge in [0.25, 0.3) is 5.69 Å². The van der Waals surface area contributed by atoms with Crippen LogP contribution in [0.4, 0.5) is 10.5 Å². The van der Waals surface area contributed by atoms with Gasteiger partial charge >= 0.3 is 12.1 Å². The molecule has 9 heteroatoms. The summed E-state index contributed by atoms with van der Waals surface area (Å²) in [6.07, 6.45) is -1.16. The number of likely N-dealkylation sites (tertiary alicyclic amines) is 1. The van der Waals surface area contributed by atoms with Gasteiger partial charge < -0.3 is 14.6 Å². The van der Waals surface area contributed by atoms with Crippen molar-refractivity contribution in [2.24, 2.45) is 0 Å². The van der Waals surface area contributed by atoms with Crippen LogP contribution in [-0.4, -0.2) is 51.3 Å². The predicted molar refractivity (Wildman–Crippen MR) is 91.2 cm³/mol. The first-order chi connectivity index (χ1) is 12.0. The summed E-state index contributed by atoms with van der Waals surface area (Å²) in [6, 6.07) is 3.26. The van der Waals surface area contributed by atoms with E-state index in [4.69, 9.17) is 9.47 Å². The van der Waals surface area contributed by atoms with Crippen molar-refractivity contribution in [1.82, 2.24) is 4.90 Å². The number of amides is 1. The van der Waals surface area contributed by atoms with E-state index in [1.54, 1.807) is 27.7 Å². The zero-order valence-corrected chi connectivity index (χ0v) is 15.1. The van der Waals surface area contributed by atoms with Crippen LogP contribution in [0.25, 0.3) is 0 Å². The Morgan fingerprint density at radius 1 is 1.35 bits per heavy atom. The number of carboxylic acid groups (broad SMARTS) is 1. The average Bonchev–Trinajstić information content (AvgIpc) is 2.89. The molecule has 1 aliphatic heterocycles. The monoisotopic (exact) mass is 366 g/mol. The molecule has 142 valence electrons. The number of aliphatic carboxylic acids is 1. The highest BCUT2D eigenvalue weighted by molar-refractivity contribution is 5.81. The second-order valence-corrected chi connectivity index (χ2v) is 7.17. The van der Waals surface area contributed by atoms with Gasteiger partial charge in [0.1, 0.15) is 23.5 Å². The fourth-order valence-electron chi connectivity index (χ4n) is 2.74. The molecule has 1 aromatic carbocycles. The maximum atomic E-state index is 12.3. The van der Waals surface area contributed by atoms with Crippen molar-refractivity contribution in [2.75, 3.05) is 6.54 Å². The molecule has 2 atom stereocenters. The molecule has 0 aromatic heterocycles. The summed E-state index contributed by atoms with van der Waals surface area (Å²) in [5, 5.41) is 20.2. The minimum atomic E-state index is -1.14. The van der Waals surface area contributed by atoms with E-state index in [2.05, 4.69) is 0 Å². The van der Waals surface area contributed by atoms with Crippen LogP contribution in [0.1, 0.15) is 32.8 Å². The molecule has 1 saturated heterocycles. The molecule has 26 heavy (non-hydrogen) atoms. The lowest BCUT2D eigenvalue weighted by molar-refractivity contribution is -0.385. The molecule has 1 heterocycles. The molecule has 0 saturated carbocycles. The number of benzene rings is 1. The summed E-state index contributed by atoms with van der Waals surface area (Å²) in [5.74, 6) is -0.755. The summed E-state index contributed by atoms with van der Waals surface area (Å²) in [5.41, 5.74) is -0.332. The molecule has 9 nitrogen and oxygen atoms in total. The Morgan fingerprint density at radius 2 is 2.00 bits per heavy atom. The van der Waals surface area contributed by atoms with Gasteiger partial charge in [-0.15, -0.1) is 0 Å². The maximum Gasteiger partial charge on any atom is 0.411 e. The van der Waals surface area contributed by atoms with Crippen LogP contribution in [0.2, 0.25) is 0 Å². The lowest BCUT2D eigenvalue weighted by Gasteiger charge is -2.26. The number of rotatable bonds is 4. The topological polar surface area (TPSA) is 119 Å². The first-order valence-electron chi connectivity index (χ1n) is 8.12. The molecule has 1 aromatic rings. The molecule has 1 N–H and O–H groups in total. The Balaban J connectivity index is 2.12. The number of carbonyl (C=O) groups excluding carboxylic acids is 1. The maximum absolute atomic E-state index is 12.3. The lowest BCUT2D eigenvalue weighted by Crippen LogP contribution is -2.43. The molecule has 1 aliphatic rings. The molecule has 0 spiro atoms. The molecule has 2 rings (SSSR count). The molecule has 1 fully saturated rings. The summed E-state index contributed by atoms with van der Waals surface area (Å²) in [4.78, 5) is 35.2. The van der Waals surface area contributed by atoms with Gasteiger partial charge in [-0.1, -0.05) is 0 Å². The first-order valence-corrected chi connectivity index (χ1v) is 8.12. The Bertz CT molecular complexity index is 726. The van der Waals surface area contributed by atoms with Crippen LogP contribution in [0.15, 0.2) is 18.2 Å². The van der Waals surface area contributed by atoms with Crippen molar-refractivity contribution < 1.29 is 29.1 Å². The van der Waals surface area contributed by atoms with Crippen molar-refractivity contribution in [1.29, 1.82) is 0 Å². The molecule has 0 unspecified atom stereocenters. The van der Waals surface area contributed by atoms with Gasteiger partial charge in [0.05, 0.1) is 11.5 Å². The number of carbonyl (C=O) groups is 2. The van der Waals surface area contributed by atoms with Crippen LogP contribution >= 0.6 is 0 Å². The van der Waals surface area contributed by atoms with Gasteiger partial charge in [-0.2, -0.15) is 0 Å². The van der Waals surface area contributed by atoms with Crippen molar-refractivity contribution in [3.8, 4) is 5.75 Å². The van der Waals surface area contributed by atoms with Gasteiger partial charge in [0, 0.05) is 18.1 Å². The predicted octanol–water partition coefficient (Wildman–Crippen LogP) is 2.74. The van der Waals surface area contributed by atoms with E-state index in [-0.39, 0.29) is 18.7 Å². The largest absolute Gasteiger partial charge is 0.488 e. The highest BCUT2D eigenvalue weighted by atomic mass is 16.6. The second-order valence-electron chi connectivity index (χ2n) is 7.17. The quantitative estimate of drug-likeness (QED) is 0.642. The first kappa shape index (κ1) is 19.5. The number of carboxylic acids is 1. The standard InChI is InChI=1S/C17H22N2O7/c1-10-7-11(5-6-13(10)19(23)24)25-12-8-14(15(20)21)18(9-12)16(22)26-17(2,3)4/h5-7,12,14H,8-9H2,1-4H3,(H,20,21)/t12-,14-/m1/s1. The van der Waals surface area contributed by atoms with Crippen molar-refractivity contribution in [3.63, 3.8) is 0 Å². The van der Waals surface area contributed by atoms with E-state index < -0.39 is 34.7 Å². The highest BCUT2D eigenvalue weighted by Crippen LogP contribution is 2.28. The average molecular weight is 366 g/mol. The third-order valence-electron chi connectivity index (χ3n) is 3.84. The van der Waals surface area contributed by atoms with E-state index in [9.17, 15) is 24.8 Å². The van der Waals surface area contributed by atoms with Crippen molar-refractivity contribution in [3.05, 3.63) is 33.9 Å². The van der Waals surface area contributed by atoms with Crippen LogP contribution in [0, 0.1) is 17.0 Å². The zero-order valence-electron chi connectivity index (χ0n) is 15.1.